The molecule has 4 bridgehead atoms. The lowest BCUT2D eigenvalue weighted by Crippen LogP contribution is -2.31. The van der Waals surface area contributed by atoms with Crippen LogP contribution in [-0.2, 0) is 20.7 Å². The Hall–Kier alpha value is -1.84. The number of furan rings is 1. The Morgan fingerprint density at radius 2 is 2.32 bits per heavy atom. The zero-order valence-corrected chi connectivity index (χ0v) is 10.4. The van der Waals surface area contributed by atoms with Gasteiger partial charge in [-0.05, 0) is 30.4 Å². The summed E-state index contributed by atoms with van der Waals surface area (Å²) in [6.45, 7) is 0. The van der Waals surface area contributed by atoms with Crippen LogP contribution in [0.5, 0.6) is 0 Å². The Balaban J connectivity index is 1.97. The molecule has 98 valence electrons. The van der Waals surface area contributed by atoms with Crippen molar-refractivity contribution in [1.29, 1.82) is 0 Å². The first kappa shape index (κ1) is 11.0. The monoisotopic (exact) mass is 258 g/mol. The van der Waals surface area contributed by atoms with Crippen molar-refractivity contribution in [3.63, 3.8) is 0 Å². The lowest BCUT2D eigenvalue weighted by Gasteiger charge is -2.27. The third-order valence-corrected chi connectivity index (χ3v) is 4.79. The summed E-state index contributed by atoms with van der Waals surface area (Å²) >= 11 is 0. The van der Waals surface area contributed by atoms with Gasteiger partial charge < -0.3 is 13.9 Å². The van der Waals surface area contributed by atoms with Crippen LogP contribution in [-0.4, -0.2) is 18.4 Å². The van der Waals surface area contributed by atoms with Crippen LogP contribution in [0.1, 0.15) is 36.3 Å². The molecule has 4 rings (SSSR count). The number of carbonyl (C=O) groups excluding carboxylic acids is 2. The zero-order chi connectivity index (χ0) is 13.0. The zero-order valence-electron chi connectivity index (χ0n) is 10.4. The topological polar surface area (TPSA) is 56.5 Å². The van der Waals surface area contributed by atoms with Gasteiger partial charge in [-0.3, -0.25) is 4.79 Å². The molecule has 0 spiro atoms. The highest BCUT2D eigenvalue weighted by molar-refractivity contribution is 5.88. The van der Waals surface area contributed by atoms with Gasteiger partial charge in [-0.2, -0.15) is 0 Å². The predicted molar refractivity (Wildman–Crippen MR) is 65.5 cm³/mol. The summed E-state index contributed by atoms with van der Waals surface area (Å²) < 4.78 is 10.9. The number of carbonyl (C=O) groups is 2. The number of allylic oxidation sites excluding steroid dienone is 1. The molecule has 1 aromatic heterocycles. The van der Waals surface area contributed by atoms with Crippen molar-refractivity contribution in [2.24, 2.45) is 5.41 Å². The standard InChI is InChI=1S/C15H14O4/c16-5-4-15-6-9-7-18-8-11(9)10-2-1-3-12(15)13(10)19-14(15)17/h3,5,7-8,10,13H,1-2,4,6H2/t10-,13+,15-/m1/s1. The Labute approximate surface area is 110 Å². The van der Waals surface area contributed by atoms with Crippen molar-refractivity contribution in [3.8, 4) is 0 Å². The first-order valence-electron chi connectivity index (χ1n) is 6.66. The van der Waals surface area contributed by atoms with Gasteiger partial charge in [0.25, 0.3) is 0 Å². The molecule has 1 saturated heterocycles. The summed E-state index contributed by atoms with van der Waals surface area (Å²) in [5.74, 6) is -0.0525. The maximum absolute atomic E-state index is 12.3. The summed E-state index contributed by atoms with van der Waals surface area (Å²) in [6, 6.07) is 0. The molecule has 0 N–H and O–H groups in total. The Morgan fingerprint density at radius 1 is 1.42 bits per heavy atom. The van der Waals surface area contributed by atoms with Gasteiger partial charge in [-0.25, -0.2) is 0 Å². The van der Waals surface area contributed by atoms with E-state index in [1.54, 1.807) is 12.5 Å². The first-order chi connectivity index (χ1) is 9.26. The molecule has 0 radical (unpaired) electrons. The molecule has 0 aromatic carbocycles. The molecule has 0 amide bonds. The van der Waals surface area contributed by atoms with Crippen LogP contribution >= 0.6 is 0 Å². The van der Waals surface area contributed by atoms with Gasteiger partial charge >= 0.3 is 5.97 Å². The first-order valence-corrected chi connectivity index (χ1v) is 6.66. The lowest BCUT2D eigenvalue weighted by atomic mass is 9.72. The number of hydrogen-bond donors (Lipinski definition) is 0. The quantitative estimate of drug-likeness (QED) is 0.463. The fourth-order valence-corrected chi connectivity index (χ4v) is 3.90. The lowest BCUT2D eigenvalue weighted by molar-refractivity contribution is -0.150. The minimum atomic E-state index is -0.778. The fraction of sp³-hybridized carbons (Fsp3) is 0.467. The Kier molecular flexibility index (Phi) is 2.08. The Bertz CT molecular complexity index is 597. The molecule has 1 aliphatic heterocycles. The highest BCUT2D eigenvalue weighted by Gasteiger charge is 2.58. The molecule has 4 heteroatoms. The van der Waals surface area contributed by atoms with Crippen molar-refractivity contribution in [2.75, 3.05) is 0 Å². The minimum absolute atomic E-state index is 0.189. The summed E-state index contributed by atoms with van der Waals surface area (Å²) in [4.78, 5) is 23.4. The predicted octanol–water partition coefficient (Wildman–Crippen LogP) is 2.14. The van der Waals surface area contributed by atoms with E-state index >= 15 is 0 Å². The van der Waals surface area contributed by atoms with E-state index in [2.05, 4.69) is 6.08 Å². The largest absolute Gasteiger partial charge is 0.472 e. The molecule has 1 fully saturated rings. The van der Waals surface area contributed by atoms with E-state index in [-0.39, 0.29) is 24.4 Å². The fourth-order valence-electron chi connectivity index (χ4n) is 3.90. The molecule has 0 unspecified atom stereocenters. The highest BCUT2D eigenvalue weighted by atomic mass is 16.6. The normalized spacial score (nSPS) is 35.2. The summed E-state index contributed by atoms with van der Waals surface area (Å²) in [5.41, 5.74) is 2.45. The average Bonchev–Trinajstić information content (AvgIpc) is 2.93. The van der Waals surface area contributed by atoms with Crippen LogP contribution in [0.25, 0.3) is 0 Å². The molecule has 2 aliphatic carbocycles. The van der Waals surface area contributed by atoms with Crippen molar-refractivity contribution < 1.29 is 18.7 Å². The highest BCUT2D eigenvalue weighted by Crippen LogP contribution is 2.55. The molecular formula is C15H14O4. The molecule has 3 atom stereocenters. The number of aldehydes is 1. The van der Waals surface area contributed by atoms with E-state index < -0.39 is 5.41 Å². The van der Waals surface area contributed by atoms with Crippen LogP contribution in [0.4, 0.5) is 0 Å². The minimum Gasteiger partial charge on any atom is -0.472 e. The second kappa shape index (κ2) is 3.59. The second-order valence-corrected chi connectivity index (χ2v) is 5.65. The number of hydrogen-bond acceptors (Lipinski definition) is 4. The van der Waals surface area contributed by atoms with E-state index in [9.17, 15) is 9.59 Å². The number of fused-ring (bicyclic) bond motifs is 2. The van der Waals surface area contributed by atoms with Crippen LogP contribution in [0.3, 0.4) is 0 Å². The van der Waals surface area contributed by atoms with Crippen LogP contribution in [0.2, 0.25) is 0 Å². The second-order valence-electron chi connectivity index (χ2n) is 5.65. The summed E-state index contributed by atoms with van der Waals surface area (Å²) in [6.07, 6.45) is 8.85. The molecule has 0 saturated carbocycles. The van der Waals surface area contributed by atoms with E-state index in [4.69, 9.17) is 9.15 Å². The van der Waals surface area contributed by atoms with Crippen molar-refractivity contribution in [1.82, 2.24) is 0 Å². The van der Waals surface area contributed by atoms with Gasteiger partial charge in [0.15, 0.2) is 0 Å². The third kappa shape index (κ3) is 1.24. The average molecular weight is 258 g/mol. The van der Waals surface area contributed by atoms with Crippen molar-refractivity contribution in [3.05, 3.63) is 35.3 Å². The van der Waals surface area contributed by atoms with Gasteiger partial charge in [-0.1, -0.05) is 6.08 Å². The van der Waals surface area contributed by atoms with Gasteiger partial charge in [0, 0.05) is 17.9 Å². The van der Waals surface area contributed by atoms with Gasteiger partial charge in [0.05, 0.1) is 12.5 Å². The van der Waals surface area contributed by atoms with Crippen LogP contribution in [0, 0.1) is 5.41 Å². The summed E-state index contributed by atoms with van der Waals surface area (Å²) in [5, 5.41) is 0. The molecule has 19 heavy (non-hydrogen) atoms. The van der Waals surface area contributed by atoms with E-state index in [1.807, 2.05) is 0 Å². The van der Waals surface area contributed by atoms with Gasteiger partial charge in [0.1, 0.15) is 17.8 Å². The van der Waals surface area contributed by atoms with Crippen LogP contribution in [0.15, 0.2) is 28.6 Å². The third-order valence-electron chi connectivity index (χ3n) is 4.79. The smallest absolute Gasteiger partial charge is 0.317 e. The SMILES string of the molecule is O=CC[C@@]12Cc3cocc3[C@H]3CCC=C1[C@H]3OC2=O. The summed E-state index contributed by atoms with van der Waals surface area (Å²) in [7, 11) is 0. The molecule has 3 aliphatic rings. The molecular weight excluding hydrogens is 244 g/mol. The Morgan fingerprint density at radius 3 is 3.16 bits per heavy atom. The van der Waals surface area contributed by atoms with E-state index in [0.717, 1.165) is 35.8 Å². The van der Waals surface area contributed by atoms with Crippen molar-refractivity contribution >= 4 is 12.3 Å². The molecule has 1 aromatic rings. The number of rotatable bonds is 2. The van der Waals surface area contributed by atoms with Crippen molar-refractivity contribution in [2.45, 2.75) is 37.7 Å². The van der Waals surface area contributed by atoms with Gasteiger partial charge in [-0.15, -0.1) is 0 Å². The van der Waals surface area contributed by atoms with Crippen LogP contribution < -0.4 is 0 Å². The maximum Gasteiger partial charge on any atom is 0.317 e. The molecule has 4 nitrogen and oxygen atoms in total. The number of esters is 1. The molecule has 2 heterocycles. The van der Waals surface area contributed by atoms with E-state index in [1.165, 1.54) is 0 Å². The maximum atomic E-state index is 12.3. The van der Waals surface area contributed by atoms with E-state index in [0.29, 0.717) is 6.42 Å². The van der Waals surface area contributed by atoms with Gasteiger partial charge in [0.2, 0.25) is 0 Å². The number of ether oxygens (including phenoxy) is 1.